The molecule has 152 valence electrons. The van der Waals surface area contributed by atoms with E-state index in [2.05, 4.69) is 24.5 Å². The molecule has 4 saturated carbocycles. The van der Waals surface area contributed by atoms with Gasteiger partial charge in [0.15, 0.2) is 0 Å². The second-order valence-corrected chi connectivity index (χ2v) is 9.38. The van der Waals surface area contributed by atoms with Crippen LogP contribution in [0.1, 0.15) is 57.4 Å². The van der Waals surface area contributed by atoms with Crippen LogP contribution >= 0.6 is 0 Å². The summed E-state index contributed by atoms with van der Waals surface area (Å²) in [5.41, 5.74) is 1.54. The molecule has 0 aromatic heterocycles. The molecule has 4 fully saturated rings. The normalized spacial score (nSPS) is 33.1. The Morgan fingerprint density at radius 2 is 1.57 bits per heavy atom. The highest BCUT2D eigenvalue weighted by Crippen LogP contribution is 2.59. The molecule has 4 aliphatic rings. The standard InChI is InChI=1S/C23H32N2O3/c1-14(2)17-4-6-20(7-5-17)25-22(27)21(26)24-13-23(28-3)18-9-15-8-16(11-18)12-19(23)10-15/h4-7,14-16,18-19H,8-13H2,1-3H3,(H,24,26)(H,25,27). The summed E-state index contributed by atoms with van der Waals surface area (Å²) in [6.07, 6.45) is 6.17. The maximum atomic E-state index is 12.4. The van der Waals surface area contributed by atoms with E-state index in [1.54, 1.807) is 7.11 Å². The molecule has 28 heavy (non-hydrogen) atoms. The number of rotatable bonds is 5. The summed E-state index contributed by atoms with van der Waals surface area (Å²) < 4.78 is 6.05. The maximum Gasteiger partial charge on any atom is 0.313 e. The number of hydrogen-bond donors (Lipinski definition) is 2. The summed E-state index contributed by atoms with van der Waals surface area (Å²) in [6.45, 7) is 4.67. The summed E-state index contributed by atoms with van der Waals surface area (Å²) in [4.78, 5) is 24.8. The van der Waals surface area contributed by atoms with Gasteiger partial charge in [-0.05, 0) is 79.4 Å². The summed E-state index contributed by atoms with van der Waals surface area (Å²) in [6, 6.07) is 7.64. The molecule has 1 aromatic rings. The van der Waals surface area contributed by atoms with Crippen molar-refractivity contribution in [1.82, 2.24) is 5.32 Å². The van der Waals surface area contributed by atoms with Crippen LogP contribution in [0.15, 0.2) is 24.3 Å². The number of benzene rings is 1. The van der Waals surface area contributed by atoms with Crippen molar-refractivity contribution in [3.63, 3.8) is 0 Å². The van der Waals surface area contributed by atoms with Crippen LogP contribution in [0.25, 0.3) is 0 Å². The average Bonchev–Trinajstić information content (AvgIpc) is 2.67. The Bertz CT molecular complexity index is 713. The lowest BCUT2D eigenvalue weighted by atomic mass is 9.49. The van der Waals surface area contributed by atoms with Crippen LogP contribution in [0, 0.1) is 23.7 Å². The van der Waals surface area contributed by atoms with E-state index in [0.29, 0.717) is 30.0 Å². The Morgan fingerprint density at radius 3 is 2.07 bits per heavy atom. The Hall–Kier alpha value is -1.88. The van der Waals surface area contributed by atoms with E-state index < -0.39 is 11.8 Å². The first-order valence-corrected chi connectivity index (χ1v) is 10.7. The highest BCUT2D eigenvalue weighted by Gasteiger charge is 2.57. The zero-order valence-electron chi connectivity index (χ0n) is 17.2. The number of carbonyl (C=O) groups is 2. The number of ether oxygens (including phenoxy) is 1. The fourth-order valence-corrected chi connectivity index (χ4v) is 6.11. The fourth-order valence-electron chi connectivity index (χ4n) is 6.11. The molecule has 5 nitrogen and oxygen atoms in total. The minimum atomic E-state index is -0.618. The van der Waals surface area contributed by atoms with Gasteiger partial charge in [-0.1, -0.05) is 26.0 Å². The average molecular weight is 385 g/mol. The highest BCUT2D eigenvalue weighted by atomic mass is 16.5. The maximum absolute atomic E-state index is 12.4. The Labute approximate surface area is 167 Å². The molecule has 4 aliphatic carbocycles. The molecule has 2 amide bonds. The van der Waals surface area contributed by atoms with E-state index in [9.17, 15) is 9.59 Å². The third-order valence-electron chi connectivity index (χ3n) is 7.47. The van der Waals surface area contributed by atoms with Crippen molar-refractivity contribution in [2.45, 2.75) is 57.5 Å². The van der Waals surface area contributed by atoms with E-state index in [0.717, 1.165) is 11.8 Å². The highest BCUT2D eigenvalue weighted by molar-refractivity contribution is 6.39. The SMILES string of the molecule is COC1(CNC(=O)C(=O)Nc2ccc(C(C)C)cc2)C2CC3CC(C2)CC1C3. The van der Waals surface area contributed by atoms with Crippen LogP contribution in [-0.2, 0) is 14.3 Å². The summed E-state index contributed by atoms with van der Waals surface area (Å²) in [5, 5.41) is 5.57. The van der Waals surface area contributed by atoms with Gasteiger partial charge in [0.05, 0.1) is 5.60 Å². The molecule has 5 rings (SSSR count). The third-order valence-corrected chi connectivity index (χ3v) is 7.47. The predicted molar refractivity (Wildman–Crippen MR) is 109 cm³/mol. The van der Waals surface area contributed by atoms with Gasteiger partial charge in [0.2, 0.25) is 0 Å². The molecule has 0 heterocycles. The van der Waals surface area contributed by atoms with E-state index in [-0.39, 0.29) is 5.60 Å². The number of methoxy groups -OCH3 is 1. The van der Waals surface area contributed by atoms with Gasteiger partial charge in [0.1, 0.15) is 0 Å². The molecule has 5 heteroatoms. The van der Waals surface area contributed by atoms with Gasteiger partial charge in [-0.15, -0.1) is 0 Å². The number of hydrogen-bond acceptors (Lipinski definition) is 3. The molecule has 1 aromatic carbocycles. The van der Waals surface area contributed by atoms with E-state index in [4.69, 9.17) is 4.74 Å². The van der Waals surface area contributed by atoms with E-state index in [1.165, 1.54) is 37.7 Å². The number of carbonyl (C=O) groups excluding carboxylic acids is 2. The number of amides is 2. The predicted octanol–water partition coefficient (Wildman–Crippen LogP) is 3.71. The van der Waals surface area contributed by atoms with Crippen molar-refractivity contribution < 1.29 is 14.3 Å². The minimum absolute atomic E-state index is 0.303. The van der Waals surface area contributed by atoms with E-state index in [1.807, 2.05) is 24.3 Å². The molecule has 0 unspecified atom stereocenters. The van der Waals surface area contributed by atoms with Gasteiger partial charge < -0.3 is 15.4 Å². The molecule has 0 aliphatic heterocycles. The molecular weight excluding hydrogens is 352 g/mol. The lowest BCUT2D eigenvalue weighted by molar-refractivity contribution is -0.188. The third kappa shape index (κ3) is 3.45. The van der Waals surface area contributed by atoms with Crippen molar-refractivity contribution in [1.29, 1.82) is 0 Å². The van der Waals surface area contributed by atoms with Crippen LogP contribution in [0.4, 0.5) is 5.69 Å². The largest absolute Gasteiger partial charge is 0.376 e. The van der Waals surface area contributed by atoms with Gasteiger partial charge in [-0.2, -0.15) is 0 Å². The molecule has 0 saturated heterocycles. The van der Waals surface area contributed by atoms with Crippen LogP contribution in [0.5, 0.6) is 0 Å². The Morgan fingerprint density at radius 1 is 1.00 bits per heavy atom. The first-order chi connectivity index (χ1) is 13.4. The van der Waals surface area contributed by atoms with Crippen molar-refractivity contribution >= 4 is 17.5 Å². The Kier molecular flexibility index (Phi) is 5.21. The van der Waals surface area contributed by atoms with Gasteiger partial charge in [-0.3, -0.25) is 9.59 Å². The van der Waals surface area contributed by atoms with Crippen molar-refractivity contribution in [3.8, 4) is 0 Å². The second kappa shape index (κ2) is 7.51. The van der Waals surface area contributed by atoms with Crippen molar-refractivity contribution in [2.75, 3.05) is 19.0 Å². The fraction of sp³-hybridized carbons (Fsp3) is 0.652. The molecule has 0 spiro atoms. The number of anilines is 1. The van der Waals surface area contributed by atoms with Gasteiger partial charge in [-0.25, -0.2) is 0 Å². The van der Waals surface area contributed by atoms with Crippen molar-refractivity contribution in [3.05, 3.63) is 29.8 Å². The first-order valence-electron chi connectivity index (χ1n) is 10.7. The zero-order chi connectivity index (χ0) is 19.9. The van der Waals surface area contributed by atoms with Crippen LogP contribution in [0.3, 0.4) is 0 Å². The van der Waals surface area contributed by atoms with Crippen LogP contribution in [-0.4, -0.2) is 31.1 Å². The van der Waals surface area contributed by atoms with E-state index >= 15 is 0 Å². The topological polar surface area (TPSA) is 67.4 Å². The summed E-state index contributed by atoms with van der Waals surface area (Å²) >= 11 is 0. The molecule has 0 atom stereocenters. The van der Waals surface area contributed by atoms with Gasteiger partial charge in [0, 0.05) is 19.3 Å². The summed E-state index contributed by atoms with van der Waals surface area (Å²) in [7, 11) is 1.77. The lowest BCUT2D eigenvalue weighted by Crippen LogP contribution is -2.63. The summed E-state index contributed by atoms with van der Waals surface area (Å²) in [5.74, 6) is 1.89. The van der Waals surface area contributed by atoms with Crippen LogP contribution in [0.2, 0.25) is 0 Å². The van der Waals surface area contributed by atoms with Crippen molar-refractivity contribution in [2.24, 2.45) is 23.7 Å². The molecular formula is C23H32N2O3. The van der Waals surface area contributed by atoms with Gasteiger partial charge >= 0.3 is 11.8 Å². The molecule has 2 N–H and O–H groups in total. The van der Waals surface area contributed by atoms with Gasteiger partial charge in [0.25, 0.3) is 0 Å². The first kappa shape index (κ1) is 19.4. The number of nitrogens with one attached hydrogen (secondary N) is 2. The monoisotopic (exact) mass is 384 g/mol. The molecule has 4 bridgehead atoms. The quantitative estimate of drug-likeness (QED) is 0.761. The molecule has 0 radical (unpaired) electrons. The van der Waals surface area contributed by atoms with Crippen LogP contribution < -0.4 is 10.6 Å². The Balaban J connectivity index is 1.36. The lowest BCUT2D eigenvalue weighted by Gasteiger charge is -2.60. The zero-order valence-corrected chi connectivity index (χ0v) is 17.2. The second-order valence-electron chi connectivity index (χ2n) is 9.38. The smallest absolute Gasteiger partial charge is 0.313 e. The minimum Gasteiger partial charge on any atom is -0.376 e.